The molecular weight excluding hydrogens is 461 g/mol. The van der Waals surface area contributed by atoms with Crippen LogP contribution in [0.25, 0.3) is 4.85 Å². The molecule has 1 amide bonds. The first-order valence-electron chi connectivity index (χ1n) is 12.0. The molecule has 0 aromatic heterocycles. The summed E-state index contributed by atoms with van der Waals surface area (Å²) < 4.78 is 15.2. The lowest BCUT2D eigenvalue weighted by molar-refractivity contribution is -0.127. The van der Waals surface area contributed by atoms with Crippen LogP contribution in [0.15, 0.2) is 36.4 Å². The molecule has 2 fully saturated rings. The van der Waals surface area contributed by atoms with E-state index in [0.29, 0.717) is 19.3 Å². The molecule has 2 aliphatic rings. The number of ketones is 1. The molecule has 0 unspecified atom stereocenters. The summed E-state index contributed by atoms with van der Waals surface area (Å²) >= 11 is 5.76. The second kappa shape index (κ2) is 9.16. The van der Waals surface area contributed by atoms with Gasteiger partial charge < -0.3 is 4.90 Å². The van der Waals surface area contributed by atoms with Crippen molar-refractivity contribution < 1.29 is 14.0 Å². The van der Waals surface area contributed by atoms with E-state index in [4.69, 9.17) is 18.8 Å². The van der Waals surface area contributed by atoms with E-state index in [1.165, 1.54) is 17.0 Å². The molecule has 1 saturated heterocycles. The summed E-state index contributed by atoms with van der Waals surface area (Å²) in [6.07, 6.45) is 4.27. The average molecular weight is 492 g/mol. The first kappa shape index (κ1) is 25.0. The summed E-state index contributed by atoms with van der Waals surface area (Å²) in [6.45, 7) is 14.6. The number of rotatable bonds is 7. The van der Waals surface area contributed by atoms with Gasteiger partial charge in [0, 0.05) is 17.5 Å². The van der Waals surface area contributed by atoms with Crippen molar-refractivity contribution in [3.63, 3.8) is 0 Å². The summed E-state index contributed by atoms with van der Waals surface area (Å²) in [7, 11) is 0. The molecule has 2 aromatic carbocycles. The highest BCUT2D eigenvalue weighted by Gasteiger charge is 2.59. The zero-order valence-corrected chi connectivity index (χ0v) is 21.5. The smallest absolute Gasteiger partial charge is 0.259 e. The molecule has 2 aromatic rings. The van der Waals surface area contributed by atoms with Crippen LogP contribution in [0, 0.1) is 24.7 Å². The molecule has 0 radical (unpaired) electrons. The summed E-state index contributed by atoms with van der Waals surface area (Å²) in [4.78, 5) is 32.4. The van der Waals surface area contributed by atoms with Gasteiger partial charge in [-0.1, -0.05) is 39.0 Å². The Kier molecular flexibility index (Phi) is 6.54. The Balaban J connectivity index is 1.63. The number of halogens is 1. The molecule has 1 spiro atoms. The molecule has 0 atom stereocenters. The molecule has 182 valence electrons. The average Bonchev–Trinajstić information content (AvgIpc) is 3.06. The first-order valence-corrected chi connectivity index (χ1v) is 12.5. The number of hydrogen-bond donors (Lipinski definition) is 0. The second-order valence-electron chi connectivity index (χ2n) is 10.1. The van der Waals surface area contributed by atoms with Crippen molar-refractivity contribution in [1.29, 1.82) is 0 Å². The van der Waals surface area contributed by atoms with E-state index in [1.54, 1.807) is 6.92 Å². The molecule has 35 heavy (non-hydrogen) atoms. The summed E-state index contributed by atoms with van der Waals surface area (Å²) in [5.41, 5.74) is 1.27. The Hall–Kier alpha value is -3.11. The van der Waals surface area contributed by atoms with Crippen LogP contribution in [0.3, 0.4) is 0 Å². The van der Waals surface area contributed by atoms with Crippen LogP contribution in [-0.2, 0) is 16.0 Å². The molecule has 1 heterocycles. The van der Waals surface area contributed by atoms with E-state index in [9.17, 15) is 9.59 Å². The van der Waals surface area contributed by atoms with Gasteiger partial charge in [0.2, 0.25) is 0 Å². The highest BCUT2D eigenvalue weighted by atomic mass is 32.1. The quantitative estimate of drug-likeness (QED) is 0.320. The fourth-order valence-corrected chi connectivity index (χ4v) is 5.50. The van der Waals surface area contributed by atoms with Gasteiger partial charge in [0.1, 0.15) is 17.1 Å². The number of anilines is 2. The van der Waals surface area contributed by atoms with Gasteiger partial charge >= 0.3 is 0 Å². The number of amides is 1. The Bertz CT molecular complexity index is 1240. The zero-order valence-electron chi connectivity index (χ0n) is 20.7. The third-order valence-electron chi connectivity index (χ3n) is 7.60. The highest BCUT2D eigenvalue weighted by molar-refractivity contribution is 7.81. The maximum atomic E-state index is 15.2. The predicted octanol–water partition coefficient (Wildman–Crippen LogP) is 6.68. The minimum atomic E-state index is -0.799. The number of carbonyl (C=O) groups is 2. The van der Waals surface area contributed by atoms with Crippen molar-refractivity contribution in [3.05, 3.63) is 64.8 Å². The molecule has 5 nitrogen and oxygen atoms in total. The van der Waals surface area contributed by atoms with Crippen LogP contribution in [0.1, 0.15) is 64.0 Å². The van der Waals surface area contributed by atoms with Crippen LogP contribution >= 0.6 is 12.2 Å². The van der Waals surface area contributed by atoms with Crippen molar-refractivity contribution >= 4 is 46.1 Å². The van der Waals surface area contributed by atoms with Gasteiger partial charge in [0.05, 0.1) is 12.3 Å². The van der Waals surface area contributed by atoms with E-state index >= 15 is 4.39 Å². The van der Waals surface area contributed by atoms with E-state index in [2.05, 4.69) is 4.85 Å². The fourth-order valence-electron chi connectivity index (χ4n) is 5.03. The lowest BCUT2D eigenvalue weighted by Gasteiger charge is -2.43. The summed E-state index contributed by atoms with van der Waals surface area (Å²) in [5, 5.41) is 0.256. The number of aryl methyl sites for hydroxylation is 1. The van der Waals surface area contributed by atoms with Gasteiger partial charge in [-0.2, -0.15) is 0 Å². The molecule has 7 heteroatoms. The number of carbonyl (C=O) groups excluding carboxylic acids is 2. The van der Waals surface area contributed by atoms with E-state index in [1.807, 2.05) is 49.9 Å². The van der Waals surface area contributed by atoms with Gasteiger partial charge in [-0.3, -0.25) is 14.5 Å². The largest absolute Gasteiger partial charge is 0.303 e. The van der Waals surface area contributed by atoms with Gasteiger partial charge in [0.15, 0.2) is 10.8 Å². The Morgan fingerprint density at radius 1 is 1.20 bits per heavy atom. The lowest BCUT2D eigenvalue weighted by Crippen LogP contribution is -2.55. The highest BCUT2D eigenvalue weighted by Crippen LogP contribution is 2.48. The van der Waals surface area contributed by atoms with E-state index in [-0.39, 0.29) is 39.2 Å². The van der Waals surface area contributed by atoms with Gasteiger partial charge in [-0.25, -0.2) is 9.24 Å². The third kappa shape index (κ3) is 4.04. The maximum Gasteiger partial charge on any atom is 0.259 e. The summed E-state index contributed by atoms with van der Waals surface area (Å²) in [5.74, 6) is -0.550. The lowest BCUT2D eigenvalue weighted by atomic mass is 9.75. The minimum absolute atomic E-state index is 0.0955. The van der Waals surface area contributed by atoms with Crippen molar-refractivity contribution in [2.75, 3.05) is 9.80 Å². The van der Waals surface area contributed by atoms with Crippen molar-refractivity contribution in [2.45, 2.75) is 71.8 Å². The van der Waals surface area contributed by atoms with Crippen LogP contribution in [0.5, 0.6) is 0 Å². The second-order valence-corrected chi connectivity index (χ2v) is 10.5. The van der Waals surface area contributed by atoms with Gasteiger partial charge in [0.25, 0.3) is 5.91 Å². The number of benzene rings is 2. The van der Waals surface area contributed by atoms with Crippen LogP contribution in [-0.4, -0.2) is 22.3 Å². The first-order chi connectivity index (χ1) is 16.6. The van der Waals surface area contributed by atoms with E-state index in [0.717, 1.165) is 30.5 Å². The Labute approximate surface area is 211 Å². The molecule has 1 saturated carbocycles. The van der Waals surface area contributed by atoms with Crippen molar-refractivity contribution in [1.82, 2.24) is 0 Å². The minimum Gasteiger partial charge on any atom is -0.303 e. The number of thiocarbonyl (C=S) groups is 1. The number of Topliss-reactive ketones (excluding diaryl/α,β-unsaturated/α-hetero) is 1. The Morgan fingerprint density at radius 3 is 2.40 bits per heavy atom. The molecule has 1 aliphatic carbocycles. The van der Waals surface area contributed by atoms with Gasteiger partial charge in [-0.05, 0) is 80.6 Å². The molecule has 1 aliphatic heterocycles. The van der Waals surface area contributed by atoms with E-state index < -0.39 is 11.4 Å². The SMILES string of the molecule is [C-]#[N+]c1ccc(N2C(=O)C3(CCC3)N(c3ccc(CCC(C)(C)C(=O)CC)cc3)C2=S)c(F)c1C. The van der Waals surface area contributed by atoms with Crippen LogP contribution in [0.2, 0.25) is 0 Å². The predicted molar refractivity (Wildman–Crippen MR) is 140 cm³/mol. The number of nitrogens with zero attached hydrogens (tertiary/aromatic N) is 3. The molecular formula is C28H30FN3O2S. The molecule has 0 bridgehead atoms. The Morgan fingerprint density at radius 2 is 1.86 bits per heavy atom. The van der Waals surface area contributed by atoms with Crippen LogP contribution in [0.4, 0.5) is 21.5 Å². The monoisotopic (exact) mass is 491 g/mol. The number of hydrogen-bond acceptors (Lipinski definition) is 3. The zero-order chi connectivity index (χ0) is 25.5. The third-order valence-corrected chi connectivity index (χ3v) is 7.97. The molecule has 0 N–H and O–H groups in total. The normalized spacial score (nSPS) is 17.0. The van der Waals surface area contributed by atoms with Crippen LogP contribution < -0.4 is 9.80 Å². The van der Waals surface area contributed by atoms with Crippen molar-refractivity contribution in [3.8, 4) is 0 Å². The fraction of sp³-hybridized carbons (Fsp3) is 0.429. The van der Waals surface area contributed by atoms with Crippen molar-refractivity contribution in [2.24, 2.45) is 5.41 Å². The summed E-state index contributed by atoms with van der Waals surface area (Å²) in [6, 6.07) is 10.9. The maximum absolute atomic E-state index is 15.2. The standard InChI is InChI=1S/C28H30FN3O2S/c1-6-23(33)27(3,4)17-14-19-8-10-20(11-9-19)32-26(35)31(25(34)28(32)15-7-16-28)22-13-12-21(30-5)18(2)24(22)29/h8-13H,6-7,14-17H2,1-4H3. The van der Waals surface area contributed by atoms with Gasteiger partial charge in [-0.15, -0.1) is 0 Å². The topological polar surface area (TPSA) is 45.0 Å². The molecule has 4 rings (SSSR count).